The van der Waals surface area contributed by atoms with Crippen molar-refractivity contribution in [1.82, 2.24) is 4.40 Å². The van der Waals surface area contributed by atoms with Crippen LogP contribution in [-0.4, -0.2) is 4.40 Å². The van der Waals surface area contributed by atoms with E-state index < -0.39 is 0 Å². The van der Waals surface area contributed by atoms with Gasteiger partial charge in [0.25, 0.3) is 0 Å². The molecule has 0 fully saturated rings. The SMILES string of the molecule is c1ccc(COCc2ccc3ccc4ccccc4n23)cc1. The van der Waals surface area contributed by atoms with Gasteiger partial charge in [-0.25, -0.2) is 0 Å². The molecule has 4 aromatic rings. The standard InChI is InChI=1S/C20H17NO/c1-2-6-16(7-3-1)14-22-15-19-13-12-18-11-10-17-8-4-5-9-20(17)21(18)19/h1-13H,14-15H2. The Balaban J connectivity index is 1.63. The van der Waals surface area contributed by atoms with E-state index in [1.807, 2.05) is 18.2 Å². The smallest absolute Gasteiger partial charge is 0.0876 e. The van der Waals surface area contributed by atoms with E-state index in [4.69, 9.17) is 4.74 Å². The molecule has 2 heteroatoms. The first-order valence-corrected chi connectivity index (χ1v) is 7.51. The molecule has 2 aromatic heterocycles. The molecule has 0 amide bonds. The lowest BCUT2D eigenvalue weighted by molar-refractivity contribution is 0.104. The van der Waals surface area contributed by atoms with Gasteiger partial charge in [-0.1, -0.05) is 54.6 Å². The van der Waals surface area contributed by atoms with Gasteiger partial charge in [0.05, 0.1) is 18.7 Å². The Morgan fingerprint density at radius 3 is 2.36 bits per heavy atom. The van der Waals surface area contributed by atoms with E-state index in [2.05, 4.69) is 65.1 Å². The first kappa shape index (κ1) is 13.1. The van der Waals surface area contributed by atoms with Crippen LogP contribution in [0.1, 0.15) is 11.3 Å². The molecule has 2 nitrogen and oxygen atoms in total. The van der Waals surface area contributed by atoms with Crippen molar-refractivity contribution >= 4 is 16.4 Å². The van der Waals surface area contributed by atoms with E-state index in [0.29, 0.717) is 13.2 Å². The fourth-order valence-corrected chi connectivity index (χ4v) is 2.89. The Labute approximate surface area is 129 Å². The maximum absolute atomic E-state index is 5.90. The lowest BCUT2D eigenvalue weighted by Gasteiger charge is -2.08. The summed E-state index contributed by atoms with van der Waals surface area (Å²) in [4.78, 5) is 0. The van der Waals surface area contributed by atoms with Crippen LogP contribution in [0.3, 0.4) is 0 Å². The number of benzene rings is 2. The summed E-state index contributed by atoms with van der Waals surface area (Å²) in [5, 5.41) is 1.25. The monoisotopic (exact) mass is 287 g/mol. The van der Waals surface area contributed by atoms with E-state index in [9.17, 15) is 0 Å². The van der Waals surface area contributed by atoms with Crippen molar-refractivity contribution < 1.29 is 4.74 Å². The zero-order valence-corrected chi connectivity index (χ0v) is 12.3. The average Bonchev–Trinajstić information content (AvgIpc) is 3.00. The van der Waals surface area contributed by atoms with Gasteiger partial charge in [0, 0.05) is 11.2 Å². The number of rotatable bonds is 4. The molecule has 0 aliphatic rings. The molecule has 0 saturated heterocycles. The average molecular weight is 287 g/mol. The number of ether oxygens (including phenoxy) is 1. The Morgan fingerprint density at radius 2 is 1.45 bits per heavy atom. The number of hydrogen-bond donors (Lipinski definition) is 0. The molecule has 22 heavy (non-hydrogen) atoms. The van der Waals surface area contributed by atoms with Crippen molar-refractivity contribution in [2.45, 2.75) is 13.2 Å². The van der Waals surface area contributed by atoms with Crippen LogP contribution in [0.5, 0.6) is 0 Å². The van der Waals surface area contributed by atoms with Crippen LogP contribution in [0.2, 0.25) is 0 Å². The molecular weight excluding hydrogens is 270 g/mol. The van der Waals surface area contributed by atoms with Crippen LogP contribution >= 0.6 is 0 Å². The Bertz CT molecular complexity index is 909. The van der Waals surface area contributed by atoms with Crippen LogP contribution in [0.4, 0.5) is 0 Å². The van der Waals surface area contributed by atoms with Crippen LogP contribution < -0.4 is 0 Å². The molecule has 2 aromatic carbocycles. The molecule has 108 valence electrons. The molecule has 4 rings (SSSR count). The molecule has 2 heterocycles. The zero-order valence-electron chi connectivity index (χ0n) is 12.3. The Kier molecular flexibility index (Phi) is 3.37. The molecule has 0 bridgehead atoms. The minimum Gasteiger partial charge on any atom is -0.371 e. The lowest BCUT2D eigenvalue weighted by atomic mass is 10.2. The van der Waals surface area contributed by atoms with Gasteiger partial charge in [-0.3, -0.25) is 0 Å². The topological polar surface area (TPSA) is 13.6 Å². The van der Waals surface area contributed by atoms with Crippen molar-refractivity contribution in [2.24, 2.45) is 0 Å². The maximum atomic E-state index is 5.90. The van der Waals surface area contributed by atoms with Gasteiger partial charge >= 0.3 is 0 Å². The van der Waals surface area contributed by atoms with Crippen molar-refractivity contribution in [3.63, 3.8) is 0 Å². The highest BCUT2D eigenvalue weighted by Crippen LogP contribution is 2.21. The third-order valence-electron chi connectivity index (χ3n) is 3.96. The molecule has 0 atom stereocenters. The molecular formula is C20H17NO. The van der Waals surface area contributed by atoms with Crippen molar-refractivity contribution in [2.75, 3.05) is 0 Å². The Morgan fingerprint density at radius 1 is 0.682 bits per heavy atom. The summed E-state index contributed by atoms with van der Waals surface area (Å²) in [5.41, 5.74) is 4.82. The van der Waals surface area contributed by atoms with Gasteiger partial charge in [0.1, 0.15) is 0 Å². The molecule has 0 saturated carbocycles. The van der Waals surface area contributed by atoms with E-state index in [0.717, 1.165) is 0 Å². The molecule has 0 radical (unpaired) electrons. The van der Waals surface area contributed by atoms with Crippen LogP contribution in [0.25, 0.3) is 16.4 Å². The lowest BCUT2D eigenvalue weighted by Crippen LogP contribution is -1.99. The summed E-state index contributed by atoms with van der Waals surface area (Å²) < 4.78 is 8.18. The first-order valence-electron chi connectivity index (χ1n) is 7.51. The molecule has 0 aliphatic carbocycles. The van der Waals surface area contributed by atoms with E-state index in [1.54, 1.807) is 0 Å². The second-order valence-corrected chi connectivity index (χ2v) is 5.46. The van der Waals surface area contributed by atoms with Gasteiger partial charge in [-0.2, -0.15) is 0 Å². The highest BCUT2D eigenvalue weighted by atomic mass is 16.5. The van der Waals surface area contributed by atoms with Crippen LogP contribution in [-0.2, 0) is 18.0 Å². The number of aromatic nitrogens is 1. The quantitative estimate of drug-likeness (QED) is 0.525. The van der Waals surface area contributed by atoms with Crippen molar-refractivity contribution in [1.29, 1.82) is 0 Å². The minimum absolute atomic E-state index is 0.608. The highest BCUT2D eigenvalue weighted by molar-refractivity contribution is 5.83. The highest BCUT2D eigenvalue weighted by Gasteiger charge is 2.05. The summed E-state index contributed by atoms with van der Waals surface area (Å²) >= 11 is 0. The molecule has 0 aliphatic heterocycles. The summed E-state index contributed by atoms with van der Waals surface area (Å²) in [5.74, 6) is 0. The second-order valence-electron chi connectivity index (χ2n) is 5.46. The normalized spacial score (nSPS) is 11.3. The maximum Gasteiger partial charge on any atom is 0.0876 e. The largest absolute Gasteiger partial charge is 0.371 e. The van der Waals surface area contributed by atoms with Crippen molar-refractivity contribution in [3.8, 4) is 0 Å². The zero-order chi connectivity index (χ0) is 14.8. The summed E-state index contributed by atoms with van der Waals surface area (Å²) in [7, 11) is 0. The minimum atomic E-state index is 0.608. The van der Waals surface area contributed by atoms with Gasteiger partial charge in [-0.15, -0.1) is 0 Å². The predicted octanol–water partition coefficient (Wildman–Crippen LogP) is 4.81. The fraction of sp³-hybridized carbons (Fsp3) is 0.100. The molecule has 0 unspecified atom stereocenters. The van der Waals surface area contributed by atoms with Gasteiger partial charge in [-0.05, 0) is 35.2 Å². The van der Waals surface area contributed by atoms with Crippen molar-refractivity contribution in [3.05, 3.63) is 90.1 Å². The molecule has 0 spiro atoms. The first-order chi connectivity index (χ1) is 10.9. The number of hydrogen-bond acceptors (Lipinski definition) is 1. The van der Waals surface area contributed by atoms with E-state index >= 15 is 0 Å². The van der Waals surface area contributed by atoms with E-state index in [-0.39, 0.29) is 0 Å². The van der Waals surface area contributed by atoms with Gasteiger partial charge in [0.2, 0.25) is 0 Å². The third-order valence-corrected chi connectivity index (χ3v) is 3.96. The second kappa shape index (κ2) is 5.66. The van der Waals surface area contributed by atoms with Gasteiger partial charge in [0.15, 0.2) is 0 Å². The number of pyridine rings is 1. The summed E-state index contributed by atoms with van der Waals surface area (Å²) in [6.07, 6.45) is 0. The van der Waals surface area contributed by atoms with Crippen LogP contribution in [0, 0.1) is 0 Å². The fourth-order valence-electron chi connectivity index (χ4n) is 2.89. The van der Waals surface area contributed by atoms with Gasteiger partial charge < -0.3 is 9.14 Å². The van der Waals surface area contributed by atoms with Crippen LogP contribution in [0.15, 0.2) is 78.9 Å². The Hall–Kier alpha value is -2.58. The summed E-state index contributed by atoms with van der Waals surface area (Å²) in [6, 6.07) is 27.3. The number of para-hydroxylation sites is 1. The van der Waals surface area contributed by atoms with E-state index in [1.165, 1.54) is 27.7 Å². The third kappa shape index (κ3) is 2.38. The summed E-state index contributed by atoms with van der Waals surface area (Å²) in [6.45, 7) is 1.25. The molecule has 0 N–H and O–H groups in total. The number of nitrogens with zero attached hydrogens (tertiary/aromatic N) is 1. The predicted molar refractivity (Wildman–Crippen MR) is 89.8 cm³/mol. The number of fused-ring (bicyclic) bond motifs is 3.